The van der Waals surface area contributed by atoms with Crippen LogP contribution in [0.4, 0.5) is 9.18 Å². The molecule has 2 amide bonds. The molecule has 0 aromatic heterocycles. The van der Waals surface area contributed by atoms with Crippen LogP contribution in [0.25, 0.3) is 0 Å². The number of halogens is 1. The molecule has 2 aliphatic heterocycles. The number of urea groups is 1. The molecule has 23 heavy (non-hydrogen) atoms. The smallest absolute Gasteiger partial charge is 0.315 e. The summed E-state index contributed by atoms with van der Waals surface area (Å²) in [5.74, 6) is 0.0956. The zero-order chi connectivity index (χ0) is 16.1. The van der Waals surface area contributed by atoms with E-state index in [4.69, 9.17) is 9.47 Å². The molecule has 2 heterocycles. The molecule has 0 spiro atoms. The number of hydrogen-bond acceptors (Lipinski definition) is 3. The Balaban J connectivity index is 1.60. The van der Waals surface area contributed by atoms with Crippen LogP contribution in [0.15, 0.2) is 24.3 Å². The summed E-state index contributed by atoms with van der Waals surface area (Å²) >= 11 is 0. The van der Waals surface area contributed by atoms with Gasteiger partial charge in [-0.2, -0.15) is 0 Å². The number of ether oxygens (including phenoxy) is 2. The lowest BCUT2D eigenvalue weighted by atomic mass is 9.99. The molecular weight excluding hydrogens is 299 g/mol. The van der Waals surface area contributed by atoms with Gasteiger partial charge in [0.1, 0.15) is 5.82 Å². The Morgan fingerprint density at radius 2 is 2.09 bits per heavy atom. The highest BCUT2D eigenvalue weighted by Crippen LogP contribution is 2.27. The molecule has 126 valence electrons. The van der Waals surface area contributed by atoms with Crippen molar-refractivity contribution >= 4 is 6.03 Å². The van der Waals surface area contributed by atoms with Crippen molar-refractivity contribution in [3.8, 4) is 0 Å². The van der Waals surface area contributed by atoms with E-state index in [9.17, 15) is 9.18 Å². The van der Waals surface area contributed by atoms with E-state index in [1.165, 1.54) is 12.1 Å². The van der Waals surface area contributed by atoms with Gasteiger partial charge in [0.2, 0.25) is 0 Å². The zero-order valence-corrected chi connectivity index (χ0v) is 13.1. The lowest BCUT2D eigenvalue weighted by Gasteiger charge is -2.25. The molecule has 2 fully saturated rings. The quantitative estimate of drug-likeness (QED) is 0.875. The lowest BCUT2D eigenvalue weighted by Crippen LogP contribution is -2.43. The minimum absolute atomic E-state index is 0.0685. The molecule has 0 saturated carbocycles. The SMILES string of the molecule is O=C(NC[C@@H]1CCOC1)N[C@@H](c1ccc(F)cc1)[C@H]1CCCO1. The molecule has 0 unspecified atom stereocenters. The third kappa shape index (κ3) is 4.42. The van der Waals surface area contributed by atoms with Crippen LogP contribution in [0.5, 0.6) is 0 Å². The number of nitrogens with one attached hydrogen (secondary N) is 2. The van der Waals surface area contributed by atoms with E-state index in [1.54, 1.807) is 12.1 Å². The summed E-state index contributed by atoms with van der Waals surface area (Å²) in [5.41, 5.74) is 0.859. The van der Waals surface area contributed by atoms with Crippen LogP contribution in [0, 0.1) is 11.7 Å². The molecule has 3 atom stereocenters. The van der Waals surface area contributed by atoms with Crippen molar-refractivity contribution in [2.45, 2.75) is 31.4 Å². The van der Waals surface area contributed by atoms with Gasteiger partial charge in [0, 0.05) is 25.7 Å². The first-order valence-corrected chi connectivity index (χ1v) is 8.21. The summed E-state index contributed by atoms with van der Waals surface area (Å²) in [6.07, 6.45) is 2.78. The molecule has 0 bridgehead atoms. The van der Waals surface area contributed by atoms with Gasteiger partial charge >= 0.3 is 6.03 Å². The highest BCUT2D eigenvalue weighted by atomic mass is 19.1. The standard InChI is InChI=1S/C17H23FN2O3/c18-14-5-3-13(4-6-14)16(15-2-1-8-23-15)20-17(21)19-10-12-7-9-22-11-12/h3-6,12,15-16H,1-2,7-11H2,(H2,19,20,21)/t12-,15+,16-/m0/s1. The van der Waals surface area contributed by atoms with Crippen LogP contribution >= 0.6 is 0 Å². The third-order valence-electron chi connectivity index (χ3n) is 4.43. The summed E-state index contributed by atoms with van der Waals surface area (Å²) in [5, 5.41) is 5.88. The molecular formula is C17H23FN2O3. The molecule has 5 nitrogen and oxygen atoms in total. The summed E-state index contributed by atoms with van der Waals surface area (Å²) in [6, 6.07) is 5.73. The van der Waals surface area contributed by atoms with E-state index >= 15 is 0 Å². The molecule has 2 aliphatic rings. The van der Waals surface area contributed by atoms with Crippen molar-refractivity contribution in [2.75, 3.05) is 26.4 Å². The first-order valence-electron chi connectivity index (χ1n) is 8.21. The second-order valence-corrected chi connectivity index (χ2v) is 6.16. The second kappa shape index (κ2) is 7.75. The zero-order valence-electron chi connectivity index (χ0n) is 13.1. The molecule has 3 rings (SSSR count). The Bertz CT molecular complexity index is 511. The Morgan fingerprint density at radius 3 is 2.74 bits per heavy atom. The predicted molar refractivity (Wildman–Crippen MR) is 83.6 cm³/mol. The van der Waals surface area contributed by atoms with Crippen molar-refractivity contribution in [1.82, 2.24) is 10.6 Å². The van der Waals surface area contributed by atoms with E-state index in [0.717, 1.165) is 31.4 Å². The van der Waals surface area contributed by atoms with Crippen molar-refractivity contribution in [3.05, 3.63) is 35.6 Å². The van der Waals surface area contributed by atoms with Crippen molar-refractivity contribution in [1.29, 1.82) is 0 Å². The lowest BCUT2D eigenvalue weighted by molar-refractivity contribution is 0.0806. The maximum Gasteiger partial charge on any atom is 0.315 e. The summed E-state index contributed by atoms with van der Waals surface area (Å²) in [6.45, 7) is 2.77. The van der Waals surface area contributed by atoms with Gasteiger partial charge in [-0.05, 0) is 37.0 Å². The van der Waals surface area contributed by atoms with Crippen LogP contribution in [-0.4, -0.2) is 38.5 Å². The first kappa shape index (κ1) is 16.2. The third-order valence-corrected chi connectivity index (χ3v) is 4.43. The number of rotatable bonds is 5. The van der Waals surface area contributed by atoms with Crippen LogP contribution < -0.4 is 10.6 Å². The maximum absolute atomic E-state index is 13.1. The molecule has 1 aromatic rings. The van der Waals surface area contributed by atoms with E-state index in [0.29, 0.717) is 25.7 Å². The molecule has 0 aliphatic carbocycles. The summed E-state index contributed by atoms with van der Waals surface area (Å²) in [7, 11) is 0. The van der Waals surface area contributed by atoms with Gasteiger partial charge in [-0.1, -0.05) is 12.1 Å². The fourth-order valence-corrected chi connectivity index (χ4v) is 3.10. The van der Waals surface area contributed by atoms with Gasteiger partial charge in [0.05, 0.1) is 18.8 Å². The Morgan fingerprint density at radius 1 is 1.26 bits per heavy atom. The van der Waals surface area contributed by atoms with Crippen LogP contribution in [0.2, 0.25) is 0 Å². The Labute approximate surface area is 135 Å². The predicted octanol–water partition coefficient (Wildman–Crippen LogP) is 2.38. The van der Waals surface area contributed by atoms with Crippen LogP contribution in [0.3, 0.4) is 0 Å². The second-order valence-electron chi connectivity index (χ2n) is 6.16. The monoisotopic (exact) mass is 322 g/mol. The van der Waals surface area contributed by atoms with Gasteiger partial charge in [-0.25, -0.2) is 9.18 Å². The minimum atomic E-state index is -0.287. The fraction of sp³-hybridized carbons (Fsp3) is 0.588. The molecule has 2 saturated heterocycles. The number of carbonyl (C=O) groups is 1. The maximum atomic E-state index is 13.1. The van der Waals surface area contributed by atoms with Gasteiger partial charge in [0.25, 0.3) is 0 Å². The number of hydrogen-bond donors (Lipinski definition) is 2. The normalized spacial score (nSPS) is 25.3. The van der Waals surface area contributed by atoms with E-state index in [2.05, 4.69) is 10.6 Å². The topological polar surface area (TPSA) is 59.6 Å². The van der Waals surface area contributed by atoms with Gasteiger partial charge in [0.15, 0.2) is 0 Å². The number of amides is 2. The number of carbonyl (C=O) groups excluding carboxylic acids is 1. The first-order chi connectivity index (χ1) is 11.2. The van der Waals surface area contributed by atoms with E-state index in [1.807, 2.05) is 0 Å². The molecule has 2 N–H and O–H groups in total. The van der Waals surface area contributed by atoms with Crippen molar-refractivity contribution in [2.24, 2.45) is 5.92 Å². The van der Waals surface area contributed by atoms with E-state index < -0.39 is 0 Å². The summed E-state index contributed by atoms with van der Waals surface area (Å²) in [4.78, 5) is 12.2. The Hall–Kier alpha value is -1.66. The highest BCUT2D eigenvalue weighted by molar-refractivity contribution is 5.74. The van der Waals surface area contributed by atoms with E-state index in [-0.39, 0.29) is 24.0 Å². The molecule has 0 radical (unpaired) electrons. The van der Waals surface area contributed by atoms with Crippen molar-refractivity contribution < 1.29 is 18.7 Å². The average Bonchev–Trinajstić information content (AvgIpc) is 3.25. The largest absolute Gasteiger partial charge is 0.381 e. The summed E-state index contributed by atoms with van der Waals surface area (Å²) < 4.78 is 24.2. The number of benzene rings is 1. The highest BCUT2D eigenvalue weighted by Gasteiger charge is 2.29. The Kier molecular flexibility index (Phi) is 5.46. The molecule has 1 aromatic carbocycles. The van der Waals surface area contributed by atoms with Gasteiger partial charge < -0.3 is 20.1 Å². The van der Waals surface area contributed by atoms with Crippen LogP contribution in [-0.2, 0) is 9.47 Å². The average molecular weight is 322 g/mol. The molecule has 6 heteroatoms. The van der Waals surface area contributed by atoms with Gasteiger partial charge in [-0.3, -0.25) is 0 Å². The minimum Gasteiger partial charge on any atom is -0.381 e. The van der Waals surface area contributed by atoms with Crippen molar-refractivity contribution in [3.63, 3.8) is 0 Å². The fourth-order valence-electron chi connectivity index (χ4n) is 3.10. The van der Waals surface area contributed by atoms with Gasteiger partial charge in [-0.15, -0.1) is 0 Å². The van der Waals surface area contributed by atoms with Crippen LogP contribution in [0.1, 0.15) is 30.9 Å².